The summed E-state index contributed by atoms with van der Waals surface area (Å²) in [5, 5.41) is 11.9. The third-order valence-corrected chi connectivity index (χ3v) is 3.26. The second-order valence-corrected chi connectivity index (χ2v) is 4.93. The lowest BCUT2D eigenvalue weighted by atomic mass is 10.1. The molecule has 0 unspecified atom stereocenters. The first kappa shape index (κ1) is 14.9. The number of rotatable bonds is 6. The molecule has 1 aromatic carbocycles. The molecule has 0 saturated heterocycles. The molecule has 1 heterocycles. The number of benzene rings is 1. The fourth-order valence-electron chi connectivity index (χ4n) is 1.96. The van der Waals surface area contributed by atoms with Gasteiger partial charge >= 0.3 is 0 Å². The predicted molar refractivity (Wildman–Crippen MR) is 75.7 cm³/mol. The van der Waals surface area contributed by atoms with Crippen molar-refractivity contribution in [3.63, 3.8) is 0 Å². The highest BCUT2D eigenvalue weighted by atomic mass is 35.5. The first-order valence-corrected chi connectivity index (χ1v) is 7.08. The molecule has 0 saturated carbocycles. The Morgan fingerprint density at radius 1 is 1.25 bits per heavy atom. The summed E-state index contributed by atoms with van der Waals surface area (Å²) in [6.07, 6.45) is 2.48. The van der Waals surface area contributed by atoms with Gasteiger partial charge in [0.05, 0.1) is 5.02 Å². The minimum Gasteiger partial charge on any atom is -0.486 e. The van der Waals surface area contributed by atoms with E-state index in [1.165, 1.54) is 0 Å². The van der Waals surface area contributed by atoms with Crippen LogP contribution in [0.2, 0.25) is 5.02 Å². The number of fused-ring (bicyclic) bond motifs is 1. The van der Waals surface area contributed by atoms with E-state index in [9.17, 15) is 4.79 Å². The Morgan fingerprint density at radius 2 is 2.05 bits per heavy atom. The Morgan fingerprint density at radius 3 is 2.85 bits per heavy atom. The first-order chi connectivity index (χ1) is 9.72. The van der Waals surface area contributed by atoms with Crippen LogP contribution >= 0.6 is 11.6 Å². The molecular formula is C14H18ClNO4. The Labute approximate surface area is 122 Å². The van der Waals surface area contributed by atoms with E-state index in [2.05, 4.69) is 5.32 Å². The number of aliphatic hydroxyl groups excluding tert-OH is 1. The van der Waals surface area contributed by atoms with E-state index in [1.807, 2.05) is 0 Å². The van der Waals surface area contributed by atoms with Crippen molar-refractivity contribution in [3.05, 3.63) is 22.7 Å². The molecule has 2 N–H and O–H groups in total. The number of ether oxygens (including phenoxy) is 2. The van der Waals surface area contributed by atoms with E-state index >= 15 is 0 Å². The summed E-state index contributed by atoms with van der Waals surface area (Å²) in [4.78, 5) is 12.0. The van der Waals surface area contributed by atoms with Gasteiger partial charge in [-0.15, -0.1) is 0 Å². The highest BCUT2D eigenvalue weighted by molar-refractivity contribution is 6.32. The standard InChI is InChI=1S/C14H18ClNO4/c15-11-8-10(9-12-13(11)20-7-6-19-12)14(18)16-4-2-1-3-5-17/h8-9,17H,1-7H2,(H,16,18). The topological polar surface area (TPSA) is 67.8 Å². The molecule has 0 bridgehead atoms. The molecule has 1 aliphatic rings. The summed E-state index contributed by atoms with van der Waals surface area (Å²) >= 11 is 6.08. The Hall–Kier alpha value is -1.46. The van der Waals surface area contributed by atoms with Gasteiger partial charge in [-0.3, -0.25) is 4.79 Å². The summed E-state index contributed by atoms with van der Waals surface area (Å²) in [5.74, 6) is 0.819. The summed E-state index contributed by atoms with van der Waals surface area (Å²) in [6.45, 7) is 1.68. The third kappa shape index (κ3) is 3.77. The Balaban J connectivity index is 1.94. The van der Waals surface area contributed by atoms with Crippen molar-refractivity contribution in [2.24, 2.45) is 0 Å². The molecule has 0 spiro atoms. The van der Waals surface area contributed by atoms with Crippen LogP contribution in [-0.4, -0.2) is 37.4 Å². The molecule has 0 fully saturated rings. The van der Waals surface area contributed by atoms with Gasteiger partial charge in [0.15, 0.2) is 11.5 Å². The quantitative estimate of drug-likeness (QED) is 0.789. The van der Waals surface area contributed by atoms with E-state index in [-0.39, 0.29) is 12.5 Å². The lowest BCUT2D eigenvalue weighted by Gasteiger charge is -2.20. The average molecular weight is 300 g/mol. The fourth-order valence-corrected chi connectivity index (χ4v) is 2.22. The average Bonchev–Trinajstić information content (AvgIpc) is 2.47. The number of amides is 1. The molecule has 0 aliphatic carbocycles. The van der Waals surface area contributed by atoms with Crippen LogP contribution in [0.25, 0.3) is 0 Å². The summed E-state index contributed by atoms with van der Waals surface area (Å²) in [6, 6.07) is 3.22. The number of carbonyl (C=O) groups is 1. The monoisotopic (exact) mass is 299 g/mol. The summed E-state index contributed by atoms with van der Waals surface area (Å²) < 4.78 is 10.8. The molecule has 6 heteroatoms. The number of carbonyl (C=O) groups excluding carboxylic acids is 1. The van der Waals surface area contributed by atoms with Crippen molar-refractivity contribution < 1.29 is 19.4 Å². The Bertz CT molecular complexity index is 478. The second-order valence-electron chi connectivity index (χ2n) is 4.52. The van der Waals surface area contributed by atoms with Crippen LogP contribution in [0.5, 0.6) is 11.5 Å². The number of nitrogens with one attached hydrogen (secondary N) is 1. The zero-order chi connectivity index (χ0) is 14.4. The van der Waals surface area contributed by atoms with E-state index in [1.54, 1.807) is 12.1 Å². The molecule has 1 aliphatic heterocycles. The number of aliphatic hydroxyl groups is 1. The van der Waals surface area contributed by atoms with Crippen molar-refractivity contribution in [3.8, 4) is 11.5 Å². The van der Waals surface area contributed by atoms with Crippen LogP contribution in [0, 0.1) is 0 Å². The van der Waals surface area contributed by atoms with Crippen molar-refractivity contribution >= 4 is 17.5 Å². The van der Waals surface area contributed by atoms with Crippen molar-refractivity contribution in [2.75, 3.05) is 26.4 Å². The SMILES string of the molecule is O=C(NCCCCCO)c1cc(Cl)c2c(c1)OCCO2. The van der Waals surface area contributed by atoms with Gasteiger partial charge in [-0.25, -0.2) is 0 Å². The van der Waals surface area contributed by atoms with Crippen LogP contribution in [0.3, 0.4) is 0 Å². The van der Waals surface area contributed by atoms with Crippen molar-refractivity contribution in [1.29, 1.82) is 0 Å². The highest BCUT2D eigenvalue weighted by Crippen LogP contribution is 2.38. The summed E-state index contributed by atoms with van der Waals surface area (Å²) in [7, 11) is 0. The van der Waals surface area contributed by atoms with Gasteiger partial charge in [0.1, 0.15) is 13.2 Å². The molecule has 1 aromatic rings. The smallest absolute Gasteiger partial charge is 0.251 e. The van der Waals surface area contributed by atoms with Crippen LogP contribution in [0.15, 0.2) is 12.1 Å². The lowest BCUT2D eigenvalue weighted by Crippen LogP contribution is -2.25. The van der Waals surface area contributed by atoms with Gasteiger partial charge in [-0.1, -0.05) is 11.6 Å². The summed E-state index contributed by atoms with van der Waals surface area (Å²) in [5.41, 5.74) is 0.460. The molecule has 0 atom stereocenters. The van der Waals surface area contributed by atoms with Gasteiger partial charge in [0.25, 0.3) is 5.91 Å². The molecular weight excluding hydrogens is 282 g/mol. The van der Waals surface area contributed by atoms with Gasteiger partial charge < -0.3 is 19.9 Å². The molecule has 0 radical (unpaired) electrons. The zero-order valence-electron chi connectivity index (χ0n) is 11.2. The largest absolute Gasteiger partial charge is 0.486 e. The van der Waals surface area contributed by atoms with Gasteiger partial charge in [0.2, 0.25) is 0 Å². The highest BCUT2D eigenvalue weighted by Gasteiger charge is 2.19. The molecule has 2 rings (SSSR count). The molecule has 5 nitrogen and oxygen atoms in total. The number of hydrogen-bond acceptors (Lipinski definition) is 4. The predicted octanol–water partition coefficient (Wildman–Crippen LogP) is 2.00. The van der Waals surface area contributed by atoms with Crippen LogP contribution in [0.1, 0.15) is 29.6 Å². The Kier molecular flexibility index (Phi) is 5.49. The van der Waals surface area contributed by atoms with E-state index in [0.717, 1.165) is 19.3 Å². The van der Waals surface area contributed by atoms with Crippen molar-refractivity contribution in [2.45, 2.75) is 19.3 Å². The maximum atomic E-state index is 12.0. The minimum atomic E-state index is -0.187. The molecule has 20 heavy (non-hydrogen) atoms. The van der Waals surface area contributed by atoms with Gasteiger partial charge in [-0.05, 0) is 31.4 Å². The van der Waals surface area contributed by atoms with Crippen molar-refractivity contribution in [1.82, 2.24) is 5.32 Å². The number of hydrogen-bond donors (Lipinski definition) is 2. The molecule has 110 valence electrons. The minimum absolute atomic E-state index is 0.186. The van der Waals surface area contributed by atoms with Crippen LogP contribution in [0.4, 0.5) is 0 Å². The van der Waals surface area contributed by atoms with E-state index in [4.69, 9.17) is 26.2 Å². The normalized spacial score (nSPS) is 13.1. The number of unbranched alkanes of at least 4 members (excludes halogenated alkanes) is 2. The maximum absolute atomic E-state index is 12.0. The zero-order valence-corrected chi connectivity index (χ0v) is 11.9. The van der Waals surface area contributed by atoms with Gasteiger partial charge in [0, 0.05) is 18.7 Å². The first-order valence-electron chi connectivity index (χ1n) is 6.70. The maximum Gasteiger partial charge on any atom is 0.251 e. The molecule has 0 aromatic heterocycles. The van der Waals surface area contributed by atoms with E-state index < -0.39 is 0 Å². The molecule has 1 amide bonds. The third-order valence-electron chi connectivity index (χ3n) is 2.98. The van der Waals surface area contributed by atoms with E-state index in [0.29, 0.717) is 41.8 Å². The lowest BCUT2D eigenvalue weighted by molar-refractivity contribution is 0.0951. The number of halogens is 1. The fraction of sp³-hybridized carbons (Fsp3) is 0.500. The van der Waals surface area contributed by atoms with Crippen LogP contribution < -0.4 is 14.8 Å². The van der Waals surface area contributed by atoms with Gasteiger partial charge in [-0.2, -0.15) is 0 Å². The second kappa shape index (κ2) is 7.36. The van der Waals surface area contributed by atoms with Crippen LogP contribution in [-0.2, 0) is 0 Å².